The number of carbonyl (C=O) groups is 2. The molecule has 0 aliphatic heterocycles. The molecule has 0 spiro atoms. The summed E-state index contributed by atoms with van der Waals surface area (Å²) < 4.78 is 0. The minimum absolute atomic E-state index is 0.107. The average Bonchev–Trinajstić information content (AvgIpc) is 2.87. The molecule has 6 heteroatoms. The Morgan fingerprint density at radius 2 is 2.15 bits per heavy atom. The summed E-state index contributed by atoms with van der Waals surface area (Å²) in [6.45, 7) is 5.64. The lowest BCUT2D eigenvalue weighted by atomic mass is 9.98. The summed E-state index contributed by atoms with van der Waals surface area (Å²) >= 11 is 1.39. The molecular formula is C14H22N2O3S. The van der Waals surface area contributed by atoms with Gasteiger partial charge in [-0.1, -0.05) is 6.07 Å². The lowest BCUT2D eigenvalue weighted by molar-refractivity contribution is -0.124. The second kappa shape index (κ2) is 7.40. The Hall–Kier alpha value is -1.40. The molecular weight excluding hydrogens is 276 g/mol. The zero-order valence-electron chi connectivity index (χ0n) is 12.1. The molecule has 0 saturated carbocycles. The normalized spacial score (nSPS) is 12.8. The molecule has 0 aromatic carbocycles. The Kier molecular flexibility index (Phi) is 6.16. The molecule has 1 heterocycles. The van der Waals surface area contributed by atoms with Gasteiger partial charge in [-0.2, -0.15) is 0 Å². The van der Waals surface area contributed by atoms with Gasteiger partial charge in [-0.25, -0.2) is 0 Å². The van der Waals surface area contributed by atoms with Crippen molar-refractivity contribution in [1.29, 1.82) is 0 Å². The first kappa shape index (κ1) is 16.7. The summed E-state index contributed by atoms with van der Waals surface area (Å²) in [6.07, 6.45) is 0.268. The number of carbonyl (C=O) groups excluding carboxylic acids is 2. The fourth-order valence-corrected chi connectivity index (χ4v) is 2.11. The highest BCUT2D eigenvalue weighted by molar-refractivity contribution is 7.12. The van der Waals surface area contributed by atoms with E-state index in [0.29, 0.717) is 24.3 Å². The first-order valence-electron chi connectivity index (χ1n) is 6.63. The van der Waals surface area contributed by atoms with Crippen LogP contribution < -0.4 is 10.6 Å². The van der Waals surface area contributed by atoms with Crippen molar-refractivity contribution in [3.63, 3.8) is 0 Å². The molecule has 0 bridgehead atoms. The maximum absolute atomic E-state index is 11.7. The number of nitrogens with one attached hydrogen (secondary N) is 2. The second-order valence-electron chi connectivity index (χ2n) is 5.28. The van der Waals surface area contributed by atoms with Gasteiger partial charge in [0.1, 0.15) is 0 Å². The van der Waals surface area contributed by atoms with E-state index in [1.54, 1.807) is 26.8 Å². The van der Waals surface area contributed by atoms with Crippen LogP contribution in [0, 0.1) is 0 Å². The lowest BCUT2D eigenvalue weighted by Crippen LogP contribution is -2.51. The third-order valence-corrected chi connectivity index (χ3v) is 3.99. The van der Waals surface area contributed by atoms with Gasteiger partial charge in [-0.3, -0.25) is 9.59 Å². The Morgan fingerprint density at radius 3 is 2.70 bits per heavy atom. The second-order valence-corrected chi connectivity index (χ2v) is 6.23. The van der Waals surface area contributed by atoms with Crippen LogP contribution in [0.2, 0.25) is 0 Å². The number of aliphatic hydroxyl groups is 1. The van der Waals surface area contributed by atoms with Crippen LogP contribution in [0.3, 0.4) is 0 Å². The van der Waals surface area contributed by atoms with Crippen LogP contribution in [0.4, 0.5) is 0 Å². The topological polar surface area (TPSA) is 78.4 Å². The van der Waals surface area contributed by atoms with Crippen molar-refractivity contribution in [2.45, 2.75) is 45.3 Å². The van der Waals surface area contributed by atoms with E-state index < -0.39 is 11.6 Å². The molecule has 1 aromatic heterocycles. The number of aliphatic hydroxyl groups excluding tert-OH is 1. The van der Waals surface area contributed by atoms with Crippen LogP contribution in [0.15, 0.2) is 17.5 Å². The summed E-state index contributed by atoms with van der Waals surface area (Å²) in [6, 6.07) is 3.59. The molecule has 1 rings (SSSR count). The first-order valence-corrected chi connectivity index (χ1v) is 7.51. The number of hydrogen-bond donors (Lipinski definition) is 3. The summed E-state index contributed by atoms with van der Waals surface area (Å²) in [7, 11) is 0. The third kappa shape index (κ3) is 5.30. The van der Waals surface area contributed by atoms with Crippen LogP contribution >= 0.6 is 11.3 Å². The van der Waals surface area contributed by atoms with Crippen molar-refractivity contribution >= 4 is 23.2 Å². The SMILES string of the molecule is CC(O)C(C)(C)NC(=O)CCCNC(=O)c1cccs1. The smallest absolute Gasteiger partial charge is 0.261 e. The summed E-state index contributed by atoms with van der Waals surface area (Å²) in [5.41, 5.74) is -0.642. The van der Waals surface area contributed by atoms with Crippen molar-refractivity contribution in [3.8, 4) is 0 Å². The molecule has 0 saturated heterocycles. The van der Waals surface area contributed by atoms with E-state index >= 15 is 0 Å². The molecule has 0 fully saturated rings. The molecule has 0 aliphatic rings. The van der Waals surface area contributed by atoms with Crippen molar-refractivity contribution in [3.05, 3.63) is 22.4 Å². The highest BCUT2D eigenvalue weighted by Crippen LogP contribution is 2.09. The van der Waals surface area contributed by atoms with E-state index in [1.807, 2.05) is 11.4 Å². The lowest BCUT2D eigenvalue weighted by Gasteiger charge is -2.29. The van der Waals surface area contributed by atoms with E-state index in [4.69, 9.17) is 0 Å². The maximum Gasteiger partial charge on any atom is 0.261 e. The number of hydrogen-bond acceptors (Lipinski definition) is 4. The number of rotatable bonds is 7. The van der Waals surface area contributed by atoms with E-state index in [1.165, 1.54) is 11.3 Å². The van der Waals surface area contributed by atoms with Gasteiger partial charge in [0.05, 0.1) is 16.5 Å². The zero-order chi connectivity index (χ0) is 15.2. The molecule has 1 atom stereocenters. The average molecular weight is 298 g/mol. The molecule has 1 unspecified atom stereocenters. The van der Waals surface area contributed by atoms with E-state index in [9.17, 15) is 14.7 Å². The number of amides is 2. The molecule has 2 amide bonds. The molecule has 0 radical (unpaired) electrons. The van der Waals surface area contributed by atoms with Gasteiger partial charge >= 0.3 is 0 Å². The standard InChI is InChI=1S/C14H22N2O3S/c1-10(17)14(2,3)16-12(18)7-4-8-15-13(19)11-6-5-9-20-11/h5-6,9-10,17H,4,7-8H2,1-3H3,(H,15,19)(H,16,18). The first-order chi connectivity index (χ1) is 9.33. The van der Waals surface area contributed by atoms with Crippen LogP contribution in [0.1, 0.15) is 43.3 Å². The van der Waals surface area contributed by atoms with Crippen molar-refractivity contribution < 1.29 is 14.7 Å². The summed E-state index contributed by atoms with van der Waals surface area (Å²) in [5, 5.41) is 16.9. The van der Waals surface area contributed by atoms with E-state index in [0.717, 1.165) is 0 Å². The highest BCUT2D eigenvalue weighted by atomic mass is 32.1. The fourth-order valence-electron chi connectivity index (χ4n) is 1.47. The van der Waals surface area contributed by atoms with E-state index in [-0.39, 0.29) is 11.8 Å². The van der Waals surface area contributed by atoms with E-state index in [2.05, 4.69) is 10.6 Å². The molecule has 1 aromatic rings. The Bertz CT molecular complexity index is 441. The predicted molar refractivity (Wildman–Crippen MR) is 79.8 cm³/mol. The quantitative estimate of drug-likeness (QED) is 0.668. The Balaban J connectivity index is 2.21. The Morgan fingerprint density at radius 1 is 1.45 bits per heavy atom. The largest absolute Gasteiger partial charge is 0.391 e. The molecule has 20 heavy (non-hydrogen) atoms. The number of thiophene rings is 1. The van der Waals surface area contributed by atoms with Crippen molar-refractivity contribution in [2.24, 2.45) is 0 Å². The highest BCUT2D eigenvalue weighted by Gasteiger charge is 2.25. The van der Waals surface area contributed by atoms with Crippen LogP contribution in [-0.2, 0) is 4.79 Å². The molecule has 0 aliphatic carbocycles. The van der Waals surface area contributed by atoms with Gasteiger partial charge in [0.2, 0.25) is 5.91 Å². The fraction of sp³-hybridized carbons (Fsp3) is 0.571. The maximum atomic E-state index is 11.7. The Labute approximate surface area is 123 Å². The zero-order valence-corrected chi connectivity index (χ0v) is 12.9. The van der Waals surface area contributed by atoms with Crippen molar-refractivity contribution in [2.75, 3.05) is 6.54 Å². The van der Waals surface area contributed by atoms with Gasteiger partial charge < -0.3 is 15.7 Å². The van der Waals surface area contributed by atoms with Gasteiger partial charge in [0, 0.05) is 13.0 Å². The van der Waals surface area contributed by atoms with Gasteiger partial charge in [-0.15, -0.1) is 11.3 Å². The van der Waals surface area contributed by atoms with Gasteiger partial charge in [0.25, 0.3) is 5.91 Å². The van der Waals surface area contributed by atoms with Crippen molar-refractivity contribution in [1.82, 2.24) is 10.6 Å². The predicted octanol–water partition coefficient (Wildman–Crippen LogP) is 1.53. The monoisotopic (exact) mass is 298 g/mol. The molecule has 3 N–H and O–H groups in total. The molecule has 5 nitrogen and oxygen atoms in total. The summed E-state index contributed by atoms with van der Waals surface area (Å²) in [5.74, 6) is -0.231. The third-order valence-electron chi connectivity index (χ3n) is 3.12. The van der Waals surface area contributed by atoms with Crippen LogP contribution in [0.25, 0.3) is 0 Å². The van der Waals surface area contributed by atoms with Crippen LogP contribution in [-0.4, -0.2) is 35.1 Å². The van der Waals surface area contributed by atoms with Crippen LogP contribution in [0.5, 0.6) is 0 Å². The minimum Gasteiger partial charge on any atom is -0.391 e. The van der Waals surface area contributed by atoms with Gasteiger partial charge in [0.15, 0.2) is 0 Å². The minimum atomic E-state index is -0.642. The molecule has 112 valence electrons. The van der Waals surface area contributed by atoms with Gasteiger partial charge in [-0.05, 0) is 38.6 Å². The summed E-state index contributed by atoms with van der Waals surface area (Å²) in [4.78, 5) is 24.0.